The van der Waals surface area contributed by atoms with Crippen LogP contribution in [0.1, 0.15) is 56.0 Å². The highest BCUT2D eigenvalue weighted by atomic mass is 16.2. The topological polar surface area (TPSA) is 64.7 Å². The van der Waals surface area contributed by atoms with Crippen LogP contribution in [0.2, 0.25) is 0 Å². The molecule has 0 bridgehead atoms. The molecule has 2 aromatic heterocycles. The second kappa shape index (κ2) is 6.51. The number of nitrogens with one attached hydrogen (secondary N) is 1. The summed E-state index contributed by atoms with van der Waals surface area (Å²) in [7, 11) is 1.91. The van der Waals surface area contributed by atoms with Gasteiger partial charge in [0, 0.05) is 25.2 Å². The third-order valence-electron chi connectivity index (χ3n) is 6.05. The number of aryl methyl sites for hydroxylation is 1. The number of para-hydroxylation sites is 2. The number of fused-ring (bicyclic) bond motifs is 1. The number of nitrogens with zero attached hydrogens (tertiary/aromatic N) is 4. The van der Waals surface area contributed by atoms with E-state index >= 15 is 0 Å². The predicted molar refractivity (Wildman–Crippen MR) is 105 cm³/mol. The Balaban J connectivity index is 1.40. The van der Waals surface area contributed by atoms with Crippen molar-refractivity contribution in [1.29, 1.82) is 0 Å². The Bertz CT molecular complexity index is 982. The molecule has 140 valence electrons. The van der Waals surface area contributed by atoms with Crippen LogP contribution in [0, 0.1) is 5.92 Å². The van der Waals surface area contributed by atoms with Gasteiger partial charge in [-0.05, 0) is 42.9 Å². The Morgan fingerprint density at radius 1 is 1.19 bits per heavy atom. The number of imidazole rings is 1. The fourth-order valence-corrected chi connectivity index (χ4v) is 4.53. The minimum atomic E-state index is 0.0221. The minimum Gasteiger partial charge on any atom is -0.307 e. The molecule has 2 heterocycles. The summed E-state index contributed by atoms with van der Waals surface area (Å²) in [6, 6.07) is 8.62. The van der Waals surface area contributed by atoms with E-state index < -0.39 is 0 Å². The number of hydrogen-bond acceptors (Lipinski definition) is 3. The molecule has 0 aliphatic heterocycles. The van der Waals surface area contributed by atoms with E-state index in [0.29, 0.717) is 12.0 Å². The maximum Gasteiger partial charge on any atom is 0.230 e. The number of carbonyl (C=O) groups is 1. The number of rotatable bonds is 4. The number of hydrogen-bond donors (Lipinski definition) is 1. The zero-order chi connectivity index (χ0) is 18.4. The van der Waals surface area contributed by atoms with Crippen molar-refractivity contribution in [3.8, 4) is 0 Å². The van der Waals surface area contributed by atoms with Crippen molar-refractivity contribution in [3.63, 3.8) is 0 Å². The fourth-order valence-electron chi connectivity index (χ4n) is 4.53. The normalized spacial score (nSPS) is 22.9. The number of benzene rings is 1. The van der Waals surface area contributed by atoms with Gasteiger partial charge in [0.1, 0.15) is 0 Å². The third kappa shape index (κ3) is 3.03. The van der Waals surface area contributed by atoms with E-state index in [9.17, 15) is 4.79 Å². The second-order valence-corrected chi connectivity index (χ2v) is 7.97. The molecule has 1 N–H and O–H groups in total. The van der Waals surface area contributed by atoms with Gasteiger partial charge in [-0.2, -0.15) is 5.10 Å². The molecule has 6 heteroatoms. The summed E-state index contributed by atoms with van der Waals surface area (Å²) < 4.78 is 4.07. The molecular weight excluding hydrogens is 338 g/mol. The van der Waals surface area contributed by atoms with Crippen LogP contribution < -0.4 is 5.32 Å². The fraction of sp³-hybridized carbons (Fsp3) is 0.476. The van der Waals surface area contributed by atoms with Crippen LogP contribution in [0.4, 0.5) is 5.95 Å². The lowest BCUT2D eigenvalue weighted by atomic mass is 9.95. The molecule has 2 atom stereocenters. The first-order valence-electron chi connectivity index (χ1n) is 9.97. The van der Waals surface area contributed by atoms with Gasteiger partial charge in [-0.15, -0.1) is 0 Å². The van der Waals surface area contributed by atoms with Gasteiger partial charge in [0.05, 0.1) is 17.2 Å². The van der Waals surface area contributed by atoms with Crippen molar-refractivity contribution in [2.24, 2.45) is 13.0 Å². The number of carbonyl (C=O) groups excluding carboxylic acids is 1. The van der Waals surface area contributed by atoms with Crippen molar-refractivity contribution in [1.82, 2.24) is 19.3 Å². The Morgan fingerprint density at radius 3 is 2.78 bits per heavy atom. The highest BCUT2D eigenvalue weighted by molar-refractivity contribution is 5.95. The molecular formula is C21H25N5O. The van der Waals surface area contributed by atoms with E-state index in [4.69, 9.17) is 4.98 Å². The average Bonchev–Trinajstić information content (AvgIpc) is 3.24. The summed E-state index contributed by atoms with van der Waals surface area (Å²) in [4.78, 5) is 17.6. The van der Waals surface area contributed by atoms with Gasteiger partial charge in [0.15, 0.2) is 0 Å². The maximum absolute atomic E-state index is 12.9. The largest absolute Gasteiger partial charge is 0.307 e. The molecule has 0 unspecified atom stereocenters. The molecule has 2 saturated carbocycles. The molecule has 1 amide bonds. The Kier molecular flexibility index (Phi) is 3.99. The van der Waals surface area contributed by atoms with Crippen molar-refractivity contribution in [3.05, 3.63) is 42.2 Å². The molecule has 2 aliphatic carbocycles. The Labute approximate surface area is 158 Å². The molecule has 6 nitrogen and oxygen atoms in total. The van der Waals surface area contributed by atoms with Crippen LogP contribution in [0.3, 0.4) is 0 Å². The first kappa shape index (κ1) is 16.5. The smallest absolute Gasteiger partial charge is 0.230 e. The van der Waals surface area contributed by atoms with E-state index in [2.05, 4.69) is 21.0 Å². The number of anilines is 1. The molecule has 1 aromatic carbocycles. The first-order valence-corrected chi connectivity index (χ1v) is 9.97. The molecule has 0 saturated heterocycles. The Morgan fingerprint density at radius 2 is 2.00 bits per heavy atom. The molecule has 2 fully saturated rings. The van der Waals surface area contributed by atoms with E-state index in [0.717, 1.165) is 35.9 Å². The summed E-state index contributed by atoms with van der Waals surface area (Å²) in [5.41, 5.74) is 3.23. The molecule has 2 aliphatic rings. The second-order valence-electron chi connectivity index (χ2n) is 7.97. The molecule has 0 radical (unpaired) electrons. The van der Waals surface area contributed by atoms with Crippen LogP contribution in [0.25, 0.3) is 11.0 Å². The first-order chi connectivity index (χ1) is 13.2. The molecule has 0 spiro atoms. The van der Waals surface area contributed by atoms with E-state index in [-0.39, 0.29) is 17.7 Å². The summed E-state index contributed by atoms with van der Waals surface area (Å²) in [5, 5.41) is 7.38. The van der Waals surface area contributed by atoms with Crippen LogP contribution >= 0.6 is 0 Å². The van der Waals surface area contributed by atoms with E-state index in [1.54, 1.807) is 4.68 Å². The zero-order valence-electron chi connectivity index (χ0n) is 15.6. The highest BCUT2D eigenvalue weighted by Crippen LogP contribution is 2.48. The quantitative estimate of drug-likeness (QED) is 0.761. The van der Waals surface area contributed by atoms with Crippen molar-refractivity contribution in [2.45, 2.75) is 50.5 Å². The number of aromatic nitrogens is 4. The Hall–Kier alpha value is -2.63. The summed E-state index contributed by atoms with van der Waals surface area (Å²) >= 11 is 0. The molecule has 3 aromatic rings. The standard InChI is InChI=1S/C21H25N5O/c1-25-13-14(12-22-25)16-11-17(16)20(27)24-21-23-18-9-5-6-10-19(18)26(21)15-7-3-2-4-8-15/h5-6,9-10,12-13,15-17H,2-4,7-8,11H2,1H3,(H,23,24,27)/t16-,17-/m0/s1. The van der Waals surface area contributed by atoms with Crippen LogP contribution in [-0.4, -0.2) is 25.2 Å². The maximum atomic E-state index is 12.9. The van der Waals surface area contributed by atoms with E-state index in [1.165, 1.54) is 19.3 Å². The highest BCUT2D eigenvalue weighted by Gasteiger charge is 2.45. The van der Waals surface area contributed by atoms with Gasteiger partial charge in [-0.25, -0.2) is 4.98 Å². The van der Waals surface area contributed by atoms with Gasteiger partial charge in [-0.1, -0.05) is 31.4 Å². The van der Waals surface area contributed by atoms with Crippen LogP contribution in [-0.2, 0) is 11.8 Å². The lowest BCUT2D eigenvalue weighted by Gasteiger charge is -2.25. The third-order valence-corrected chi connectivity index (χ3v) is 6.05. The molecule has 5 rings (SSSR count). The van der Waals surface area contributed by atoms with Crippen molar-refractivity contribution in [2.75, 3.05) is 5.32 Å². The van der Waals surface area contributed by atoms with Crippen molar-refractivity contribution >= 4 is 22.9 Å². The SMILES string of the molecule is Cn1cc([C@@H]2C[C@@H]2C(=O)Nc2nc3ccccc3n2C2CCCCC2)cn1. The monoisotopic (exact) mass is 363 g/mol. The predicted octanol–water partition coefficient (Wildman–Crippen LogP) is 4.02. The van der Waals surface area contributed by atoms with Crippen LogP contribution in [0.5, 0.6) is 0 Å². The van der Waals surface area contributed by atoms with Gasteiger partial charge in [0.25, 0.3) is 0 Å². The average molecular weight is 363 g/mol. The lowest BCUT2D eigenvalue weighted by Crippen LogP contribution is -2.21. The van der Waals surface area contributed by atoms with Gasteiger partial charge in [0.2, 0.25) is 11.9 Å². The van der Waals surface area contributed by atoms with Gasteiger partial charge < -0.3 is 4.57 Å². The summed E-state index contributed by atoms with van der Waals surface area (Å²) in [5.74, 6) is 1.10. The molecule has 27 heavy (non-hydrogen) atoms. The van der Waals surface area contributed by atoms with Gasteiger partial charge >= 0.3 is 0 Å². The van der Waals surface area contributed by atoms with Gasteiger partial charge in [-0.3, -0.25) is 14.8 Å². The summed E-state index contributed by atoms with van der Waals surface area (Å²) in [6.07, 6.45) is 10.9. The van der Waals surface area contributed by atoms with Crippen molar-refractivity contribution < 1.29 is 4.79 Å². The lowest BCUT2D eigenvalue weighted by molar-refractivity contribution is -0.117. The van der Waals surface area contributed by atoms with Crippen LogP contribution in [0.15, 0.2) is 36.7 Å². The minimum absolute atomic E-state index is 0.0221. The zero-order valence-corrected chi connectivity index (χ0v) is 15.6. The summed E-state index contributed by atoms with van der Waals surface area (Å²) in [6.45, 7) is 0. The van der Waals surface area contributed by atoms with E-state index in [1.807, 2.05) is 37.6 Å². The number of amides is 1.